The lowest BCUT2D eigenvalue weighted by molar-refractivity contribution is 0.131. The van der Waals surface area contributed by atoms with E-state index in [2.05, 4.69) is 31.4 Å². The molecule has 6 heteroatoms. The minimum Gasteiger partial charge on any atom is -0.465 e. The number of carboxylic acid groups (broad SMARTS) is 1. The average Bonchev–Trinajstić information content (AvgIpc) is 2.36. The standard InChI is InChI=1S/C12H26N2O3Si/c1-4-18(5-2,6-3)17-11-7-10(8-13-9-11)14-12(15)16/h10-11,13-14H,4-9H2,1-3H3,(H,15,16)/t10-,11-/m0/s1. The van der Waals surface area contributed by atoms with Crippen molar-refractivity contribution in [2.75, 3.05) is 13.1 Å². The fourth-order valence-electron chi connectivity index (χ4n) is 2.63. The van der Waals surface area contributed by atoms with Crippen molar-refractivity contribution in [3.05, 3.63) is 0 Å². The lowest BCUT2D eigenvalue weighted by atomic mass is 10.1. The largest absolute Gasteiger partial charge is 0.465 e. The van der Waals surface area contributed by atoms with Crippen molar-refractivity contribution in [2.45, 2.75) is 57.5 Å². The first kappa shape index (κ1) is 15.5. The van der Waals surface area contributed by atoms with E-state index in [1.54, 1.807) is 0 Å². The van der Waals surface area contributed by atoms with Gasteiger partial charge in [-0.3, -0.25) is 0 Å². The van der Waals surface area contributed by atoms with E-state index in [0.29, 0.717) is 6.54 Å². The van der Waals surface area contributed by atoms with E-state index < -0.39 is 14.4 Å². The molecular formula is C12H26N2O3Si. The van der Waals surface area contributed by atoms with Crippen molar-refractivity contribution in [3.63, 3.8) is 0 Å². The number of piperidine rings is 1. The molecule has 1 aliphatic heterocycles. The van der Waals surface area contributed by atoms with Gasteiger partial charge in [-0.05, 0) is 24.6 Å². The topological polar surface area (TPSA) is 70.6 Å². The molecule has 5 nitrogen and oxygen atoms in total. The predicted molar refractivity (Wildman–Crippen MR) is 74.5 cm³/mol. The molecule has 1 saturated heterocycles. The molecule has 0 saturated carbocycles. The van der Waals surface area contributed by atoms with Crippen LogP contribution in [0.15, 0.2) is 0 Å². The number of carbonyl (C=O) groups is 1. The van der Waals surface area contributed by atoms with E-state index >= 15 is 0 Å². The number of hydrogen-bond donors (Lipinski definition) is 3. The van der Waals surface area contributed by atoms with E-state index in [0.717, 1.165) is 31.1 Å². The molecule has 0 radical (unpaired) electrons. The maximum absolute atomic E-state index is 10.7. The molecular weight excluding hydrogens is 248 g/mol. The fourth-order valence-corrected chi connectivity index (χ4v) is 5.52. The van der Waals surface area contributed by atoms with Crippen LogP contribution in [0.2, 0.25) is 18.1 Å². The molecule has 1 heterocycles. The van der Waals surface area contributed by atoms with E-state index in [-0.39, 0.29) is 12.1 Å². The van der Waals surface area contributed by atoms with Crippen LogP contribution in [0.4, 0.5) is 4.79 Å². The zero-order valence-corrected chi connectivity index (χ0v) is 12.7. The van der Waals surface area contributed by atoms with Gasteiger partial charge in [-0.2, -0.15) is 0 Å². The van der Waals surface area contributed by atoms with Crippen LogP contribution in [0.1, 0.15) is 27.2 Å². The number of hydrogen-bond acceptors (Lipinski definition) is 3. The summed E-state index contributed by atoms with van der Waals surface area (Å²) in [7, 11) is -1.59. The smallest absolute Gasteiger partial charge is 0.404 e. The van der Waals surface area contributed by atoms with Crippen molar-refractivity contribution in [1.82, 2.24) is 10.6 Å². The van der Waals surface area contributed by atoms with Gasteiger partial charge in [0, 0.05) is 19.1 Å². The molecule has 0 aliphatic carbocycles. The highest BCUT2D eigenvalue weighted by Crippen LogP contribution is 2.25. The summed E-state index contributed by atoms with van der Waals surface area (Å²) in [6.45, 7) is 8.17. The third-order valence-electron chi connectivity index (χ3n) is 3.99. The van der Waals surface area contributed by atoms with Gasteiger partial charge in [0.2, 0.25) is 0 Å². The van der Waals surface area contributed by atoms with Crippen LogP contribution in [0.3, 0.4) is 0 Å². The Hall–Kier alpha value is -0.593. The van der Waals surface area contributed by atoms with Crippen LogP contribution in [0.25, 0.3) is 0 Å². The minimum absolute atomic E-state index is 0.0291. The van der Waals surface area contributed by atoms with E-state index in [1.807, 2.05) is 0 Å². The second-order valence-electron chi connectivity index (χ2n) is 5.02. The summed E-state index contributed by atoms with van der Waals surface area (Å²) in [6.07, 6.45) is -0.0109. The number of rotatable bonds is 6. The van der Waals surface area contributed by atoms with Gasteiger partial charge in [0.1, 0.15) is 0 Å². The summed E-state index contributed by atoms with van der Waals surface area (Å²) in [4.78, 5) is 10.7. The average molecular weight is 274 g/mol. The number of amides is 1. The van der Waals surface area contributed by atoms with Gasteiger partial charge >= 0.3 is 6.09 Å². The first-order valence-electron chi connectivity index (χ1n) is 6.93. The Morgan fingerprint density at radius 3 is 2.44 bits per heavy atom. The molecule has 0 aromatic carbocycles. The summed E-state index contributed by atoms with van der Waals surface area (Å²) >= 11 is 0. The molecule has 2 atom stereocenters. The molecule has 3 N–H and O–H groups in total. The molecule has 0 aromatic rings. The van der Waals surface area contributed by atoms with Crippen LogP contribution in [-0.2, 0) is 4.43 Å². The van der Waals surface area contributed by atoms with E-state index in [4.69, 9.17) is 9.53 Å². The second-order valence-corrected chi connectivity index (χ2v) is 9.75. The van der Waals surface area contributed by atoms with Gasteiger partial charge in [-0.25, -0.2) is 4.79 Å². The maximum Gasteiger partial charge on any atom is 0.404 e. The van der Waals surface area contributed by atoms with Crippen molar-refractivity contribution < 1.29 is 14.3 Å². The summed E-state index contributed by atoms with van der Waals surface area (Å²) in [5.74, 6) is 0. The Balaban J connectivity index is 2.53. The minimum atomic E-state index is -1.59. The van der Waals surface area contributed by atoms with Crippen LogP contribution in [0, 0.1) is 0 Å². The van der Waals surface area contributed by atoms with Crippen LogP contribution in [-0.4, -0.2) is 44.8 Å². The molecule has 0 bridgehead atoms. The van der Waals surface area contributed by atoms with Crippen molar-refractivity contribution in [1.29, 1.82) is 0 Å². The summed E-state index contributed by atoms with van der Waals surface area (Å²) in [5.41, 5.74) is 0. The highest BCUT2D eigenvalue weighted by Gasteiger charge is 2.34. The van der Waals surface area contributed by atoms with Gasteiger partial charge in [-0.1, -0.05) is 20.8 Å². The van der Waals surface area contributed by atoms with Crippen molar-refractivity contribution in [3.8, 4) is 0 Å². The summed E-state index contributed by atoms with van der Waals surface area (Å²) in [6, 6.07) is 3.37. The Kier molecular flexibility index (Phi) is 6.11. The van der Waals surface area contributed by atoms with Gasteiger partial charge in [0.05, 0.1) is 6.10 Å². The molecule has 106 valence electrons. The zero-order valence-electron chi connectivity index (χ0n) is 11.7. The third-order valence-corrected chi connectivity index (χ3v) is 8.69. The van der Waals surface area contributed by atoms with Crippen molar-refractivity contribution >= 4 is 14.4 Å². The summed E-state index contributed by atoms with van der Waals surface area (Å²) in [5, 5.41) is 14.5. The third kappa shape index (κ3) is 4.26. The second kappa shape index (κ2) is 7.11. The summed E-state index contributed by atoms with van der Waals surface area (Å²) < 4.78 is 6.38. The van der Waals surface area contributed by atoms with Crippen LogP contribution >= 0.6 is 0 Å². The Morgan fingerprint density at radius 1 is 1.33 bits per heavy atom. The van der Waals surface area contributed by atoms with Gasteiger partial charge in [0.15, 0.2) is 8.32 Å². The lowest BCUT2D eigenvalue weighted by Crippen LogP contribution is -2.54. The maximum atomic E-state index is 10.7. The van der Waals surface area contributed by atoms with E-state index in [1.165, 1.54) is 0 Å². The SMILES string of the molecule is CC[Si](CC)(CC)O[C@@H]1CNC[C@@H](NC(=O)O)C1. The molecule has 1 fully saturated rings. The molecule has 1 rings (SSSR count). The quantitative estimate of drug-likeness (QED) is 0.648. The molecule has 0 aromatic heterocycles. The molecule has 0 unspecified atom stereocenters. The van der Waals surface area contributed by atoms with Crippen LogP contribution < -0.4 is 10.6 Å². The lowest BCUT2D eigenvalue weighted by Gasteiger charge is -2.37. The molecule has 1 amide bonds. The van der Waals surface area contributed by atoms with Gasteiger partial charge < -0.3 is 20.2 Å². The molecule has 1 aliphatic rings. The first-order chi connectivity index (χ1) is 8.55. The monoisotopic (exact) mass is 274 g/mol. The zero-order chi connectivity index (χ0) is 13.6. The van der Waals surface area contributed by atoms with Gasteiger partial charge in [0.25, 0.3) is 0 Å². The predicted octanol–water partition coefficient (Wildman–Crippen LogP) is 2.01. The highest BCUT2D eigenvalue weighted by molar-refractivity contribution is 6.73. The Bertz CT molecular complexity index is 264. The van der Waals surface area contributed by atoms with Gasteiger partial charge in [-0.15, -0.1) is 0 Å². The van der Waals surface area contributed by atoms with E-state index in [9.17, 15) is 4.79 Å². The Morgan fingerprint density at radius 2 is 1.94 bits per heavy atom. The molecule has 18 heavy (non-hydrogen) atoms. The normalized spacial score (nSPS) is 24.8. The highest BCUT2D eigenvalue weighted by atomic mass is 28.4. The fraction of sp³-hybridized carbons (Fsp3) is 0.917. The van der Waals surface area contributed by atoms with Crippen molar-refractivity contribution in [2.24, 2.45) is 0 Å². The first-order valence-corrected chi connectivity index (χ1v) is 9.46. The number of nitrogens with one attached hydrogen (secondary N) is 2. The molecule has 0 spiro atoms. The van der Waals surface area contributed by atoms with Crippen LogP contribution in [0.5, 0.6) is 0 Å². The Labute approximate surface area is 110 Å².